The summed E-state index contributed by atoms with van der Waals surface area (Å²) < 4.78 is 10.9. The van der Waals surface area contributed by atoms with Crippen LogP contribution in [0.4, 0.5) is 0 Å². The van der Waals surface area contributed by atoms with Gasteiger partial charge in [0.1, 0.15) is 5.69 Å². The lowest BCUT2D eigenvalue weighted by molar-refractivity contribution is 0.0400. The summed E-state index contributed by atoms with van der Waals surface area (Å²) >= 11 is 0. The molecule has 0 bridgehead atoms. The molecule has 2 aromatic rings. The van der Waals surface area contributed by atoms with E-state index in [1.165, 1.54) is 45.2 Å². The number of methoxy groups -OCH3 is 2. The molecule has 0 unspecified atom stereocenters. The van der Waals surface area contributed by atoms with E-state index in [4.69, 9.17) is 9.47 Å². The van der Waals surface area contributed by atoms with Crippen molar-refractivity contribution in [3.05, 3.63) is 29.0 Å². The van der Waals surface area contributed by atoms with Crippen molar-refractivity contribution in [3.63, 3.8) is 0 Å². The number of nitrogens with zero attached hydrogens (tertiary/aromatic N) is 3. The SMILES string of the molecule is COc1cc2c(cc1OC)-c1n[nH]c(C(=O)N(C)C[C@H]3CCCN4CCCC[C@@H]34)c1C2. The summed E-state index contributed by atoms with van der Waals surface area (Å²) in [5.41, 5.74) is 4.57. The number of nitrogens with one attached hydrogen (secondary N) is 1. The maximum Gasteiger partial charge on any atom is 0.271 e. The van der Waals surface area contributed by atoms with Gasteiger partial charge in [-0.3, -0.25) is 9.89 Å². The number of benzene rings is 1. The van der Waals surface area contributed by atoms with Gasteiger partial charge in [0.15, 0.2) is 11.5 Å². The number of hydrogen-bond donors (Lipinski definition) is 1. The van der Waals surface area contributed by atoms with Crippen LogP contribution in [0.1, 0.15) is 53.7 Å². The molecule has 5 rings (SSSR count). The van der Waals surface area contributed by atoms with Crippen molar-refractivity contribution in [2.75, 3.05) is 40.9 Å². The van der Waals surface area contributed by atoms with E-state index in [0.717, 1.165) is 28.9 Å². The molecule has 31 heavy (non-hydrogen) atoms. The standard InChI is InChI=1S/C24H32N4O3/c1-27(14-15-7-6-10-28-9-5-4-8-19(15)28)24(29)23-18-11-16-12-20(30-2)21(31-3)13-17(16)22(18)25-26-23/h12-13,15,19H,4-11,14H2,1-3H3,(H,25,26)/t15-,19+/m1/s1. The van der Waals surface area contributed by atoms with Crippen molar-refractivity contribution in [2.24, 2.45) is 5.92 Å². The Balaban J connectivity index is 1.35. The number of rotatable bonds is 5. The summed E-state index contributed by atoms with van der Waals surface area (Å²) in [6, 6.07) is 4.58. The highest BCUT2D eigenvalue weighted by molar-refractivity contribution is 5.97. The molecule has 3 aliphatic rings. The number of ether oxygens (including phenoxy) is 2. The van der Waals surface area contributed by atoms with E-state index in [9.17, 15) is 4.79 Å². The largest absolute Gasteiger partial charge is 0.493 e. The Morgan fingerprint density at radius 1 is 1.16 bits per heavy atom. The second kappa shape index (κ2) is 8.19. The number of H-pyrrole nitrogens is 1. The van der Waals surface area contributed by atoms with Gasteiger partial charge in [-0.2, -0.15) is 5.10 Å². The monoisotopic (exact) mass is 424 g/mol. The molecule has 2 atom stereocenters. The Morgan fingerprint density at radius 3 is 2.74 bits per heavy atom. The summed E-state index contributed by atoms with van der Waals surface area (Å²) in [4.78, 5) is 17.9. The van der Waals surface area contributed by atoms with E-state index < -0.39 is 0 Å². The van der Waals surface area contributed by atoms with Crippen LogP contribution < -0.4 is 9.47 Å². The van der Waals surface area contributed by atoms with Gasteiger partial charge in [-0.05, 0) is 62.4 Å². The van der Waals surface area contributed by atoms with Gasteiger partial charge in [-0.25, -0.2) is 0 Å². The molecule has 1 amide bonds. The Labute approximate surface area is 183 Å². The first-order chi connectivity index (χ1) is 15.1. The van der Waals surface area contributed by atoms with Crippen LogP contribution in [-0.2, 0) is 6.42 Å². The second-order valence-electron chi connectivity index (χ2n) is 9.15. The molecule has 2 saturated heterocycles. The topological polar surface area (TPSA) is 70.7 Å². The van der Waals surface area contributed by atoms with Gasteiger partial charge in [-0.15, -0.1) is 0 Å². The zero-order valence-electron chi connectivity index (χ0n) is 18.7. The smallest absolute Gasteiger partial charge is 0.271 e. The average Bonchev–Trinajstić information content (AvgIpc) is 3.36. The molecule has 7 nitrogen and oxygen atoms in total. The van der Waals surface area contributed by atoms with Gasteiger partial charge >= 0.3 is 0 Å². The summed E-state index contributed by atoms with van der Waals surface area (Å²) in [7, 11) is 5.21. The quantitative estimate of drug-likeness (QED) is 0.680. The second-order valence-corrected chi connectivity index (χ2v) is 9.15. The molecule has 0 spiro atoms. The highest BCUT2D eigenvalue weighted by atomic mass is 16.5. The summed E-state index contributed by atoms with van der Waals surface area (Å²) in [6.07, 6.45) is 7.02. The fourth-order valence-electron chi connectivity index (χ4n) is 5.83. The number of amides is 1. The number of aromatic nitrogens is 2. The molecule has 2 aliphatic heterocycles. The lowest BCUT2D eigenvalue weighted by Gasteiger charge is -2.45. The molecule has 166 valence electrons. The molecule has 3 heterocycles. The van der Waals surface area contributed by atoms with E-state index in [1.807, 2.05) is 24.1 Å². The van der Waals surface area contributed by atoms with E-state index in [1.54, 1.807) is 14.2 Å². The Hall–Kier alpha value is -2.54. The van der Waals surface area contributed by atoms with Crippen LogP contribution in [0.2, 0.25) is 0 Å². The Morgan fingerprint density at radius 2 is 1.94 bits per heavy atom. The fraction of sp³-hybridized carbons (Fsp3) is 0.583. The first-order valence-corrected chi connectivity index (χ1v) is 11.4. The minimum Gasteiger partial charge on any atom is -0.493 e. The number of hydrogen-bond acceptors (Lipinski definition) is 5. The minimum atomic E-state index is 0.0356. The molecule has 0 radical (unpaired) electrons. The van der Waals surface area contributed by atoms with Crippen molar-refractivity contribution in [1.29, 1.82) is 0 Å². The van der Waals surface area contributed by atoms with Crippen LogP contribution in [0, 0.1) is 5.92 Å². The van der Waals surface area contributed by atoms with E-state index >= 15 is 0 Å². The number of aromatic amines is 1. The van der Waals surface area contributed by atoms with Gasteiger partial charge in [-0.1, -0.05) is 6.42 Å². The number of carbonyl (C=O) groups excluding carboxylic acids is 1. The minimum absolute atomic E-state index is 0.0356. The van der Waals surface area contributed by atoms with Crippen LogP contribution in [0.25, 0.3) is 11.3 Å². The third kappa shape index (κ3) is 3.49. The van der Waals surface area contributed by atoms with Crippen LogP contribution >= 0.6 is 0 Å². The first-order valence-electron chi connectivity index (χ1n) is 11.4. The lowest BCUT2D eigenvalue weighted by Crippen LogP contribution is -2.51. The first kappa shape index (κ1) is 20.4. The molecule has 1 aliphatic carbocycles. The highest BCUT2D eigenvalue weighted by Gasteiger charge is 2.35. The number of carbonyl (C=O) groups is 1. The summed E-state index contributed by atoms with van der Waals surface area (Å²) in [5, 5.41) is 7.54. The van der Waals surface area contributed by atoms with Crippen molar-refractivity contribution in [2.45, 2.75) is 44.6 Å². The molecule has 2 fully saturated rings. The fourth-order valence-corrected chi connectivity index (χ4v) is 5.83. The average molecular weight is 425 g/mol. The molecular formula is C24H32N4O3. The zero-order valence-corrected chi connectivity index (χ0v) is 18.7. The van der Waals surface area contributed by atoms with Gasteiger partial charge in [0.25, 0.3) is 5.91 Å². The van der Waals surface area contributed by atoms with Crippen molar-refractivity contribution in [3.8, 4) is 22.8 Å². The van der Waals surface area contributed by atoms with E-state index in [2.05, 4.69) is 15.1 Å². The van der Waals surface area contributed by atoms with Gasteiger partial charge in [0.2, 0.25) is 0 Å². The third-order valence-corrected chi connectivity index (χ3v) is 7.40. The molecule has 1 N–H and O–H groups in total. The maximum atomic E-state index is 13.4. The summed E-state index contributed by atoms with van der Waals surface area (Å²) in [6.45, 7) is 3.25. The zero-order chi connectivity index (χ0) is 21.5. The predicted molar refractivity (Wildman–Crippen MR) is 119 cm³/mol. The Bertz CT molecular complexity index is 983. The molecule has 1 aromatic carbocycles. The van der Waals surface area contributed by atoms with Crippen molar-refractivity contribution < 1.29 is 14.3 Å². The van der Waals surface area contributed by atoms with Gasteiger partial charge < -0.3 is 19.3 Å². The normalized spacial score (nSPS) is 22.4. The van der Waals surface area contributed by atoms with Crippen molar-refractivity contribution >= 4 is 5.91 Å². The van der Waals surface area contributed by atoms with Crippen LogP contribution in [0.5, 0.6) is 11.5 Å². The molecule has 7 heteroatoms. The van der Waals surface area contributed by atoms with Gasteiger partial charge in [0.05, 0.1) is 19.9 Å². The molecule has 1 aromatic heterocycles. The van der Waals surface area contributed by atoms with E-state index in [0.29, 0.717) is 35.6 Å². The van der Waals surface area contributed by atoms with Crippen LogP contribution in [-0.4, -0.2) is 72.8 Å². The summed E-state index contributed by atoms with van der Waals surface area (Å²) in [5.74, 6) is 1.98. The maximum absolute atomic E-state index is 13.4. The van der Waals surface area contributed by atoms with E-state index in [-0.39, 0.29) is 5.91 Å². The number of piperidine rings is 2. The lowest BCUT2D eigenvalue weighted by atomic mass is 9.83. The van der Waals surface area contributed by atoms with Gasteiger partial charge in [0, 0.05) is 37.2 Å². The highest BCUT2D eigenvalue weighted by Crippen LogP contribution is 2.43. The Kier molecular flexibility index (Phi) is 5.38. The molecular weight excluding hydrogens is 392 g/mol. The third-order valence-electron chi connectivity index (χ3n) is 7.40. The predicted octanol–water partition coefficient (Wildman–Crippen LogP) is 3.33. The number of fused-ring (bicyclic) bond motifs is 4. The molecule has 0 saturated carbocycles. The van der Waals surface area contributed by atoms with Crippen LogP contribution in [0.3, 0.4) is 0 Å². The van der Waals surface area contributed by atoms with Crippen molar-refractivity contribution in [1.82, 2.24) is 20.0 Å². The van der Waals surface area contributed by atoms with Crippen LogP contribution in [0.15, 0.2) is 12.1 Å².